The van der Waals surface area contributed by atoms with Gasteiger partial charge in [0.25, 0.3) is 0 Å². The summed E-state index contributed by atoms with van der Waals surface area (Å²) in [6, 6.07) is 14.0. The molecule has 0 radical (unpaired) electrons. The van der Waals surface area contributed by atoms with Gasteiger partial charge in [0.2, 0.25) is 5.91 Å². The minimum absolute atomic E-state index is 0.00249. The van der Waals surface area contributed by atoms with Gasteiger partial charge in [0.05, 0.1) is 22.8 Å². The van der Waals surface area contributed by atoms with E-state index in [0.717, 1.165) is 27.3 Å². The van der Waals surface area contributed by atoms with Crippen molar-refractivity contribution in [1.82, 2.24) is 9.88 Å². The van der Waals surface area contributed by atoms with Crippen molar-refractivity contribution in [2.45, 2.75) is 33.4 Å². The highest BCUT2D eigenvalue weighted by molar-refractivity contribution is 7.18. The maximum absolute atomic E-state index is 12.6. The number of thiazole rings is 1. The van der Waals surface area contributed by atoms with Crippen molar-refractivity contribution < 1.29 is 4.79 Å². The fraction of sp³-hybridized carbons (Fsp3) is 0.300. The van der Waals surface area contributed by atoms with Crippen LogP contribution in [0.4, 0.5) is 5.69 Å². The standard InChI is InChI=1S/C20H23N3OS/c1-13-9-10-14(2)17(11-13)22-20(24)15(3)23(4)12-19-21-16-7-5-6-8-18(16)25-19/h5-11,15H,12H2,1-4H3,(H,22,24)/t15-/m1/s1. The molecule has 3 aromatic rings. The minimum atomic E-state index is -0.244. The maximum atomic E-state index is 12.6. The third-order valence-corrected chi connectivity index (χ3v) is 5.44. The molecule has 0 aliphatic heterocycles. The molecule has 1 aromatic heterocycles. The molecule has 5 heteroatoms. The molecule has 0 aliphatic carbocycles. The zero-order valence-electron chi connectivity index (χ0n) is 15.0. The molecule has 3 rings (SSSR count). The molecule has 0 bridgehead atoms. The summed E-state index contributed by atoms with van der Waals surface area (Å²) in [6.07, 6.45) is 0. The third kappa shape index (κ3) is 4.06. The highest BCUT2D eigenvalue weighted by Crippen LogP contribution is 2.23. The molecule has 0 spiro atoms. The Labute approximate surface area is 152 Å². The fourth-order valence-electron chi connectivity index (χ4n) is 2.65. The van der Waals surface area contributed by atoms with Crippen LogP contribution in [-0.2, 0) is 11.3 Å². The smallest absolute Gasteiger partial charge is 0.241 e. The number of hydrogen-bond donors (Lipinski definition) is 1. The van der Waals surface area contributed by atoms with Crippen LogP contribution in [-0.4, -0.2) is 28.9 Å². The van der Waals surface area contributed by atoms with Gasteiger partial charge in [0, 0.05) is 5.69 Å². The van der Waals surface area contributed by atoms with Crippen LogP contribution in [0, 0.1) is 13.8 Å². The molecule has 1 amide bonds. The summed E-state index contributed by atoms with van der Waals surface area (Å²) in [6.45, 7) is 6.61. The molecular weight excluding hydrogens is 330 g/mol. The number of rotatable bonds is 5. The summed E-state index contributed by atoms with van der Waals surface area (Å²) in [4.78, 5) is 19.3. The summed E-state index contributed by atoms with van der Waals surface area (Å²) in [5.74, 6) is -0.00249. The van der Waals surface area contributed by atoms with Crippen molar-refractivity contribution in [3.63, 3.8) is 0 Å². The Morgan fingerprint density at radius 1 is 1.24 bits per heavy atom. The van der Waals surface area contributed by atoms with Crippen LogP contribution in [0.25, 0.3) is 10.2 Å². The van der Waals surface area contributed by atoms with Crippen molar-refractivity contribution in [1.29, 1.82) is 0 Å². The van der Waals surface area contributed by atoms with Gasteiger partial charge < -0.3 is 5.32 Å². The molecule has 1 N–H and O–H groups in total. The second kappa shape index (κ2) is 7.33. The van der Waals surface area contributed by atoms with Crippen molar-refractivity contribution in [3.8, 4) is 0 Å². The lowest BCUT2D eigenvalue weighted by Crippen LogP contribution is -2.39. The van der Waals surface area contributed by atoms with Crippen LogP contribution >= 0.6 is 11.3 Å². The molecule has 2 aromatic carbocycles. The SMILES string of the molecule is Cc1ccc(C)c(NC(=O)[C@@H](C)N(C)Cc2nc3ccccc3s2)c1. The van der Waals surface area contributed by atoms with E-state index in [9.17, 15) is 4.79 Å². The van der Waals surface area contributed by atoms with Gasteiger partial charge >= 0.3 is 0 Å². The average Bonchev–Trinajstić information content (AvgIpc) is 2.99. The van der Waals surface area contributed by atoms with Gasteiger partial charge in [-0.3, -0.25) is 9.69 Å². The molecule has 130 valence electrons. The summed E-state index contributed by atoms with van der Waals surface area (Å²) in [5, 5.41) is 4.07. The minimum Gasteiger partial charge on any atom is -0.324 e. The van der Waals surface area contributed by atoms with Crippen molar-refractivity contribution in [2.24, 2.45) is 0 Å². The van der Waals surface area contributed by atoms with E-state index >= 15 is 0 Å². The average molecular weight is 353 g/mol. The predicted octanol–water partition coefficient (Wildman–Crippen LogP) is 4.37. The second-order valence-electron chi connectivity index (χ2n) is 6.47. The van der Waals surface area contributed by atoms with Gasteiger partial charge in [-0.25, -0.2) is 4.98 Å². The lowest BCUT2D eigenvalue weighted by atomic mass is 10.1. The highest BCUT2D eigenvalue weighted by Gasteiger charge is 2.20. The van der Waals surface area contributed by atoms with Crippen molar-refractivity contribution in [3.05, 3.63) is 58.6 Å². The summed E-state index contributed by atoms with van der Waals surface area (Å²) in [7, 11) is 1.96. The van der Waals surface area contributed by atoms with Gasteiger partial charge in [0.1, 0.15) is 5.01 Å². The van der Waals surface area contributed by atoms with Gasteiger partial charge in [0.15, 0.2) is 0 Å². The number of anilines is 1. The quantitative estimate of drug-likeness (QED) is 0.741. The van der Waals surface area contributed by atoms with Crippen LogP contribution in [0.1, 0.15) is 23.1 Å². The Hall–Kier alpha value is -2.24. The summed E-state index contributed by atoms with van der Waals surface area (Å²) < 4.78 is 1.18. The topological polar surface area (TPSA) is 45.2 Å². The molecule has 25 heavy (non-hydrogen) atoms. The van der Waals surface area contributed by atoms with Crippen molar-refractivity contribution >= 4 is 33.1 Å². The number of benzene rings is 2. The van der Waals surface area contributed by atoms with Crippen LogP contribution in [0.2, 0.25) is 0 Å². The first kappa shape index (κ1) is 17.6. The second-order valence-corrected chi connectivity index (χ2v) is 7.59. The Morgan fingerprint density at radius 2 is 2.00 bits per heavy atom. The molecule has 0 saturated heterocycles. The number of carbonyl (C=O) groups is 1. The number of likely N-dealkylation sites (N-methyl/N-ethyl adjacent to an activating group) is 1. The van der Waals surface area contributed by atoms with Crippen LogP contribution in [0.3, 0.4) is 0 Å². The van der Waals surface area contributed by atoms with E-state index in [4.69, 9.17) is 0 Å². The molecular formula is C20H23N3OS. The number of para-hydroxylation sites is 1. The molecule has 0 unspecified atom stereocenters. The lowest BCUT2D eigenvalue weighted by molar-refractivity contribution is -0.120. The van der Waals surface area contributed by atoms with E-state index < -0.39 is 0 Å². The summed E-state index contributed by atoms with van der Waals surface area (Å²) in [5.41, 5.74) is 4.10. The first-order valence-corrected chi connectivity index (χ1v) is 9.18. The molecule has 1 heterocycles. The number of carbonyl (C=O) groups excluding carboxylic acids is 1. The van der Waals surface area contributed by atoms with E-state index in [1.165, 1.54) is 4.70 Å². The number of nitrogens with one attached hydrogen (secondary N) is 1. The van der Waals surface area contributed by atoms with Gasteiger partial charge in [-0.15, -0.1) is 11.3 Å². The first-order chi connectivity index (χ1) is 11.9. The van der Waals surface area contributed by atoms with Crippen LogP contribution in [0.15, 0.2) is 42.5 Å². The molecule has 0 saturated carbocycles. The van der Waals surface area contributed by atoms with Gasteiger partial charge in [-0.2, -0.15) is 0 Å². The zero-order valence-corrected chi connectivity index (χ0v) is 15.9. The van der Waals surface area contributed by atoms with Gasteiger partial charge in [-0.05, 0) is 57.1 Å². The van der Waals surface area contributed by atoms with E-state index in [1.54, 1.807) is 11.3 Å². The zero-order chi connectivity index (χ0) is 18.0. The predicted molar refractivity (Wildman–Crippen MR) is 105 cm³/mol. The largest absolute Gasteiger partial charge is 0.324 e. The van der Waals surface area contributed by atoms with Crippen molar-refractivity contribution in [2.75, 3.05) is 12.4 Å². The highest BCUT2D eigenvalue weighted by atomic mass is 32.1. The molecule has 0 aliphatic rings. The Kier molecular flexibility index (Phi) is 5.16. The summed E-state index contributed by atoms with van der Waals surface area (Å²) >= 11 is 1.68. The third-order valence-electron chi connectivity index (χ3n) is 4.41. The molecule has 0 fully saturated rings. The number of fused-ring (bicyclic) bond motifs is 1. The number of aromatic nitrogens is 1. The normalized spacial score (nSPS) is 12.5. The lowest BCUT2D eigenvalue weighted by Gasteiger charge is -2.23. The number of amides is 1. The van der Waals surface area contributed by atoms with E-state index in [0.29, 0.717) is 6.54 Å². The molecule has 4 nitrogen and oxygen atoms in total. The first-order valence-electron chi connectivity index (χ1n) is 8.37. The number of aryl methyl sites for hydroxylation is 2. The van der Waals surface area contributed by atoms with E-state index in [-0.39, 0.29) is 11.9 Å². The number of nitrogens with zero attached hydrogens (tertiary/aromatic N) is 2. The van der Waals surface area contributed by atoms with Crippen LogP contribution < -0.4 is 5.32 Å². The Morgan fingerprint density at radius 3 is 2.76 bits per heavy atom. The monoisotopic (exact) mass is 353 g/mol. The fourth-order valence-corrected chi connectivity index (χ4v) is 3.68. The van der Waals surface area contributed by atoms with Gasteiger partial charge in [-0.1, -0.05) is 24.3 Å². The molecule has 1 atom stereocenters. The Bertz CT molecular complexity index is 870. The maximum Gasteiger partial charge on any atom is 0.241 e. The number of hydrogen-bond acceptors (Lipinski definition) is 4. The van der Waals surface area contributed by atoms with Crippen LogP contribution in [0.5, 0.6) is 0 Å². The van der Waals surface area contributed by atoms with E-state index in [2.05, 4.69) is 16.4 Å². The Balaban J connectivity index is 1.67. The van der Waals surface area contributed by atoms with E-state index in [1.807, 2.05) is 69.1 Å².